The van der Waals surface area contributed by atoms with E-state index in [1.165, 1.54) is 0 Å². The van der Waals surface area contributed by atoms with E-state index in [4.69, 9.17) is 4.74 Å². The molecule has 1 saturated heterocycles. The molecule has 0 aromatic rings. The van der Waals surface area contributed by atoms with Gasteiger partial charge in [-0.05, 0) is 31.8 Å². The highest BCUT2D eigenvalue weighted by atomic mass is 79.9. The van der Waals surface area contributed by atoms with Crippen LogP contribution in [-0.4, -0.2) is 39.1 Å². The van der Waals surface area contributed by atoms with Gasteiger partial charge in [0.15, 0.2) is 6.04 Å². The number of carbonyl (C=O) groups excluding carboxylic acids is 2. The van der Waals surface area contributed by atoms with E-state index in [1.807, 2.05) is 26.2 Å². The largest absolute Gasteiger partial charge is 0.458 e. The van der Waals surface area contributed by atoms with E-state index >= 15 is 0 Å². The van der Waals surface area contributed by atoms with Gasteiger partial charge in [0.1, 0.15) is 5.60 Å². The Labute approximate surface area is 119 Å². The molecule has 2 aliphatic rings. The van der Waals surface area contributed by atoms with E-state index in [0.29, 0.717) is 11.8 Å². The first-order valence-corrected chi connectivity index (χ1v) is 7.84. The van der Waals surface area contributed by atoms with Crippen LogP contribution in [0.15, 0.2) is 11.0 Å². The summed E-state index contributed by atoms with van der Waals surface area (Å²) in [5.41, 5.74) is 0.348. The number of fused-ring (bicyclic) bond motifs is 1. The number of carbonyl (C=O) groups is 2. The lowest BCUT2D eigenvalue weighted by molar-refractivity contribution is -0.167. The molecular formula is C12H16BrNO3S. The molecule has 0 radical (unpaired) electrons. The van der Waals surface area contributed by atoms with E-state index in [1.54, 1.807) is 16.7 Å². The first kappa shape index (κ1) is 13.9. The summed E-state index contributed by atoms with van der Waals surface area (Å²) in [5.74, 6) is -0.318. The van der Waals surface area contributed by atoms with Gasteiger partial charge < -0.3 is 9.64 Å². The van der Waals surface area contributed by atoms with Gasteiger partial charge in [0, 0.05) is 5.33 Å². The van der Waals surface area contributed by atoms with E-state index in [2.05, 4.69) is 15.9 Å². The predicted octanol–water partition coefficient (Wildman–Crippen LogP) is 2.28. The van der Waals surface area contributed by atoms with Crippen molar-refractivity contribution in [3.05, 3.63) is 11.0 Å². The van der Waals surface area contributed by atoms with Gasteiger partial charge in [-0.3, -0.25) is 4.79 Å². The lowest BCUT2D eigenvalue weighted by Crippen LogP contribution is -2.61. The molecule has 0 bridgehead atoms. The summed E-state index contributed by atoms with van der Waals surface area (Å²) >= 11 is 4.96. The fourth-order valence-corrected chi connectivity index (χ4v) is 3.80. The molecule has 0 N–H and O–H groups in total. The molecule has 0 spiro atoms. The zero-order valence-corrected chi connectivity index (χ0v) is 13.0. The number of β-lactam (4-membered cyclic amide) rings is 1. The minimum Gasteiger partial charge on any atom is -0.458 e. The maximum atomic E-state index is 12.2. The highest BCUT2D eigenvalue weighted by Gasteiger charge is 2.48. The van der Waals surface area contributed by atoms with Crippen molar-refractivity contribution >= 4 is 39.6 Å². The zero-order chi connectivity index (χ0) is 13.5. The Morgan fingerprint density at radius 1 is 1.61 bits per heavy atom. The van der Waals surface area contributed by atoms with Gasteiger partial charge in [-0.2, -0.15) is 0 Å². The van der Waals surface area contributed by atoms with Gasteiger partial charge in [-0.15, -0.1) is 11.8 Å². The zero-order valence-electron chi connectivity index (χ0n) is 10.6. The minimum absolute atomic E-state index is 0.0231. The predicted molar refractivity (Wildman–Crippen MR) is 74.4 cm³/mol. The second kappa shape index (κ2) is 4.89. The summed E-state index contributed by atoms with van der Waals surface area (Å²) < 4.78 is 5.41. The van der Waals surface area contributed by atoms with Crippen LogP contribution in [0.1, 0.15) is 27.2 Å². The maximum absolute atomic E-state index is 12.2. The minimum atomic E-state index is -0.559. The normalized spacial score (nSPS) is 27.2. The van der Waals surface area contributed by atoms with Gasteiger partial charge in [0.2, 0.25) is 5.91 Å². The van der Waals surface area contributed by atoms with Crippen LogP contribution in [0.4, 0.5) is 0 Å². The summed E-state index contributed by atoms with van der Waals surface area (Å²) in [4.78, 5) is 25.5. The lowest BCUT2D eigenvalue weighted by Gasteiger charge is -2.47. The molecule has 6 heteroatoms. The van der Waals surface area contributed by atoms with Crippen molar-refractivity contribution in [3.63, 3.8) is 0 Å². The third-order valence-electron chi connectivity index (χ3n) is 2.74. The molecule has 0 aromatic carbocycles. The number of hydrogen-bond acceptors (Lipinski definition) is 4. The molecule has 1 fully saturated rings. The Balaban J connectivity index is 2.21. The molecule has 0 saturated carbocycles. The van der Waals surface area contributed by atoms with Crippen LogP contribution in [0.5, 0.6) is 0 Å². The van der Waals surface area contributed by atoms with Crippen molar-refractivity contribution in [1.29, 1.82) is 0 Å². The number of esters is 1. The third kappa shape index (κ3) is 2.59. The molecular weight excluding hydrogens is 318 g/mol. The molecule has 1 amide bonds. The van der Waals surface area contributed by atoms with Gasteiger partial charge >= 0.3 is 5.97 Å². The number of ether oxygens (including phenoxy) is 1. The first-order chi connectivity index (χ1) is 8.33. The van der Waals surface area contributed by atoms with Gasteiger partial charge in [-0.1, -0.05) is 15.9 Å². The quantitative estimate of drug-likeness (QED) is 0.442. The van der Waals surface area contributed by atoms with E-state index in [0.717, 1.165) is 5.57 Å². The Bertz CT molecular complexity index is 416. The van der Waals surface area contributed by atoms with Crippen LogP contribution in [-0.2, 0) is 14.3 Å². The number of halogens is 1. The summed E-state index contributed by atoms with van der Waals surface area (Å²) in [6.45, 7) is 5.49. The van der Waals surface area contributed by atoms with Crippen molar-refractivity contribution < 1.29 is 14.3 Å². The Hall–Kier alpha value is -0.490. The van der Waals surface area contributed by atoms with Gasteiger partial charge in [-0.25, -0.2) is 4.79 Å². The monoisotopic (exact) mass is 333 g/mol. The Morgan fingerprint density at radius 3 is 2.78 bits per heavy atom. The summed E-state index contributed by atoms with van der Waals surface area (Å²) in [7, 11) is 0. The molecule has 2 rings (SSSR count). The standard InChI is InChI=1S/C12H16BrNO3S/c1-12(2,3)17-11(16)10-7(5-13)6-18-9-4-8(15)14(9)10/h6,9-10H,4-5H2,1-3H3/t9-,10-/m1/s1. The van der Waals surface area contributed by atoms with Crippen molar-refractivity contribution in [2.45, 2.75) is 44.2 Å². The number of rotatable bonds is 2. The molecule has 18 heavy (non-hydrogen) atoms. The first-order valence-electron chi connectivity index (χ1n) is 5.78. The molecule has 2 heterocycles. The Morgan fingerprint density at radius 2 is 2.28 bits per heavy atom. The molecule has 0 aromatic heterocycles. The second-order valence-electron chi connectivity index (χ2n) is 5.36. The maximum Gasteiger partial charge on any atom is 0.333 e. The van der Waals surface area contributed by atoms with Crippen LogP contribution < -0.4 is 0 Å². The van der Waals surface area contributed by atoms with Crippen LogP contribution in [0, 0.1) is 0 Å². The highest BCUT2D eigenvalue weighted by molar-refractivity contribution is 9.09. The van der Waals surface area contributed by atoms with Crippen LogP contribution in [0.3, 0.4) is 0 Å². The topological polar surface area (TPSA) is 46.6 Å². The van der Waals surface area contributed by atoms with Crippen molar-refractivity contribution in [2.75, 3.05) is 5.33 Å². The number of alkyl halides is 1. The molecule has 0 unspecified atom stereocenters. The summed E-state index contributed by atoms with van der Waals surface area (Å²) in [6.07, 6.45) is 0.510. The van der Waals surface area contributed by atoms with Crippen molar-refractivity contribution in [1.82, 2.24) is 4.90 Å². The second-order valence-corrected chi connectivity index (χ2v) is 6.97. The average Bonchev–Trinajstić information content (AvgIpc) is 2.24. The SMILES string of the molecule is CC(C)(C)OC(=O)[C@H]1C(CBr)=CS[C@@H]2CC(=O)N12. The molecule has 4 nitrogen and oxygen atoms in total. The summed E-state index contributed by atoms with van der Waals surface area (Å²) in [5, 5.41) is 2.63. The van der Waals surface area contributed by atoms with Crippen molar-refractivity contribution in [2.24, 2.45) is 0 Å². The number of nitrogens with zero attached hydrogens (tertiary/aromatic N) is 1. The van der Waals surface area contributed by atoms with Crippen LogP contribution in [0.25, 0.3) is 0 Å². The van der Waals surface area contributed by atoms with Gasteiger partial charge in [0.05, 0.1) is 11.8 Å². The van der Waals surface area contributed by atoms with Crippen molar-refractivity contribution in [3.8, 4) is 0 Å². The van der Waals surface area contributed by atoms with Crippen LogP contribution >= 0.6 is 27.7 Å². The number of thioether (sulfide) groups is 1. The van der Waals surface area contributed by atoms with E-state index < -0.39 is 11.6 Å². The Kier molecular flexibility index (Phi) is 3.78. The molecule has 2 aliphatic heterocycles. The molecule has 0 aliphatic carbocycles. The third-order valence-corrected chi connectivity index (χ3v) is 4.53. The number of amides is 1. The summed E-state index contributed by atoms with van der Waals surface area (Å²) in [6, 6.07) is -0.559. The van der Waals surface area contributed by atoms with Gasteiger partial charge in [0.25, 0.3) is 0 Å². The fraction of sp³-hybridized carbons (Fsp3) is 0.667. The fourth-order valence-electron chi connectivity index (χ4n) is 1.96. The highest BCUT2D eigenvalue weighted by Crippen LogP contribution is 2.40. The molecule has 100 valence electrons. The van der Waals surface area contributed by atoms with E-state index in [-0.39, 0.29) is 17.3 Å². The lowest BCUT2D eigenvalue weighted by atomic mass is 10.0. The molecule has 2 atom stereocenters. The average molecular weight is 334 g/mol. The number of hydrogen-bond donors (Lipinski definition) is 0. The van der Waals surface area contributed by atoms with E-state index in [9.17, 15) is 9.59 Å². The van der Waals surface area contributed by atoms with Crippen LogP contribution in [0.2, 0.25) is 0 Å². The smallest absolute Gasteiger partial charge is 0.333 e.